The monoisotopic (exact) mass is 742 g/mol. The Kier molecular flexibility index (Phi) is 12.3. The minimum atomic E-state index is -4.49. The third kappa shape index (κ3) is 10.3. The van der Waals surface area contributed by atoms with Crippen molar-refractivity contribution < 1.29 is 41.8 Å². The molecular weight excluding hydrogens is 709 g/mol. The molecule has 8 nitrogen and oxygen atoms in total. The molecule has 0 heterocycles. The van der Waals surface area contributed by atoms with Crippen LogP contribution in [0, 0.1) is 0 Å². The zero-order valence-electron chi connectivity index (χ0n) is 28.7. The number of esters is 2. The molecule has 272 valence electrons. The van der Waals surface area contributed by atoms with E-state index in [0.29, 0.717) is 34.6 Å². The summed E-state index contributed by atoms with van der Waals surface area (Å²) in [5.74, 6) is -1.66. The largest absolute Gasteiger partial charge is 0.457 e. The second-order valence-corrected chi connectivity index (χ2v) is 12.6. The molecule has 0 unspecified atom stereocenters. The fourth-order valence-electron chi connectivity index (χ4n) is 5.33. The van der Waals surface area contributed by atoms with Crippen molar-refractivity contribution in [3.63, 3.8) is 0 Å². The lowest BCUT2D eigenvalue weighted by molar-refractivity contribution is -0.137. The van der Waals surface area contributed by atoms with Crippen molar-refractivity contribution in [2.45, 2.75) is 32.0 Å². The first-order valence-electron chi connectivity index (χ1n) is 16.4. The molecule has 0 fully saturated rings. The molecule has 0 aliphatic carbocycles. The van der Waals surface area contributed by atoms with Crippen LogP contribution in [0.5, 0.6) is 5.75 Å². The van der Waals surface area contributed by atoms with Gasteiger partial charge in [0.1, 0.15) is 12.4 Å². The maximum absolute atomic E-state index is 13.5. The molecule has 0 bridgehead atoms. The van der Waals surface area contributed by atoms with Crippen LogP contribution in [0.15, 0.2) is 115 Å². The first-order chi connectivity index (χ1) is 25.3. The van der Waals surface area contributed by atoms with Crippen molar-refractivity contribution in [1.29, 1.82) is 0 Å². The molecule has 5 aromatic rings. The average Bonchev–Trinajstić information content (AvgIpc) is 3.14. The summed E-state index contributed by atoms with van der Waals surface area (Å²) in [5, 5.41) is 3.37. The Morgan fingerprint density at radius 1 is 0.774 bits per heavy atom. The number of alkyl halides is 3. The molecule has 5 rings (SSSR count). The zero-order chi connectivity index (χ0) is 38.1. The number of anilines is 1. The molecule has 12 heteroatoms. The van der Waals surface area contributed by atoms with Crippen LogP contribution in [0.25, 0.3) is 11.1 Å². The molecule has 0 atom stereocenters. The molecule has 0 saturated heterocycles. The minimum Gasteiger partial charge on any atom is -0.457 e. The third-order valence-electron chi connectivity index (χ3n) is 8.11. The fraction of sp³-hybridized carbons (Fsp3) is 0.171. The van der Waals surface area contributed by atoms with Gasteiger partial charge in [-0.2, -0.15) is 13.2 Å². The summed E-state index contributed by atoms with van der Waals surface area (Å²) < 4.78 is 50.1. The molecular formula is C41H34ClF3N2O6. The number of carbonyl (C=O) groups is 4. The van der Waals surface area contributed by atoms with Gasteiger partial charge in [0.05, 0.1) is 22.4 Å². The van der Waals surface area contributed by atoms with E-state index in [1.807, 2.05) is 0 Å². The van der Waals surface area contributed by atoms with Gasteiger partial charge in [0.2, 0.25) is 0 Å². The van der Waals surface area contributed by atoms with Gasteiger partial charge in [-0.1, -0.05) is 60.1 Å². The highest BCUT2D eigenvalue weighted by molar-refractivity contribution is 6.30. The molecule has 1 N–H and O–H groups in total. The van der Waals surface area contributed by atoms with Crippen LogP contribution in [-0.4, -0.2) is 42.7 Å². The van der Waals surface area contributed by atoms with Crippen LogP contribution in [0.2, 0.25) is 5.02 Å². The van der Waals surface area contributed by atoms with E-state index < -0.39 is 29.6 Å². The summed E-state index contributed by atoms with van der Waals surface area (Å²) in [5.41, 5.74) is 2.55. The van der Waals surface area contributed by atoms with E-state index >= 15 is 0 Å². The van der Waals surface area contributed by atoms with E-state index in [-0.39, 0.29) is 41.5 Å². The maximum atomic E-state index is 13.5. The SMILES string of the molecule is CN(C)C(=O)c1cc(CCCC(=O)Oc2ccc(C(=O)OCc3ccc(Cl)cc3)cc2)ccc1NC(=O)c1ccccc1-c1ccc(C(F)(F)F)cc1. The molecule has 0 aliphatic heterocycles. The third-order valence-corrected chi connectivity index (χ3v) is 8.37. The summed E-state index contributed by atoms with van der Waals surface area (Å²) in [6.07, 6.45) is -3.60. The summed E-state index contributed by atoms with van der Waals surface area (Å²) >= 11 is 5.88. The second-order valence-electron chi connectivity index (χ2n) is 12.2. The van der Waals surface area contributed by atoms with E-state index in [2.05, 4.69) is 5.32 Å². The second kappa shape index (κ2) is 17.1. The number of hydrogen-bond donors (Lipinski definition) is 1. The molecule has 0 aromatic heterocycles. The Morgan fingerprint density at radius 2 is 1.43 bits per heavy atom. The van der Waals surface area contributed by atoms with Gasteiger partial charge >= 0.3 is 18.1 Å². The maximum Gasteiger partial charge on any atom is 0.416 e. The number of rotatable bonds is 12. The number of nitrogens with one attached hydrogen (secondary N) is 1. The first-order valence-corrected chi connectivity index (χ1v) is 16.8. The van der Waals surface area contributed by atoms with Crippen LogP contribution < -0.4 is 10.1 Å². The summed E-state index contributed by atoms with van der Waals surface area (Å²) in [7, 11) is 3.15. The van der Waals surface area contributed by atoms with Gasteiger partial charge in [-0.15, -0.1) is 0 Å². The van der Waals surface area contributed by atoms with E-state index in [1.165, 1.54) is 41.3 Å². The van der Waals surface area contributed by atoms with Crippen molar-refractivity contribution in [2.24, 2.45) is 0 Å². The number of benzene rings is 5. The molecule has 2 amide bonds. The van der Waals surface area contributed by atoms with E-state index in [1.54, 1.807) is 80.8 Å². The highest BCUT2D eigenvalue weighted by Gasteiger charge is 2.30. The normalized spacial score (nSPS) is 11.1. The highest BCUT2D eigenvalue weighted by atomic mass is 35.5. The zero-order valence-corrected chi connectivity index (χ0v) is 29.5. The van der Waals surface area contributed by atoms with Crippen LogP contribution >= 0.6 is 11.6 Å². The van der Waals surface area contributed by atoms with Crippen molar-refractivity contribution in [1.82, 2.24) is 4.90 Å². The lowest BCUT2D eigenvalue weighted by Gasteiger charge is -2.17. The van der Waals surface area contributed by atoms with Crippen LogP contribution in [0.4, 0.5) is 18.9 Å². The summed E-state index contributed by atoms with van der Waals surface area (Å²) in [4.78, 5) is 53.1. The van der Waals surface area contributed by atoms with Crippen molar-refractivity contribution in [3.8, 4) is 16.9 Å². The summed E-state index contributed by atoms with van der Waals surface area (Å²) in [6.45, 7) is 0.0814. The predicted molar refractivity (Wildman–Crippen MR) is 195 cm³/mol. The topological polar surface area (TPSA) is 102 Å². The summed E-state index contributed by atoms with van der Waals surface area (Å²) in [6, 6.07) is 29.0. The van der Waals surface area contributed by atoms with Gasteiger partial charge in [-0.25, -0.2) is 4.79 Å². The fourth-order valence-corrected chi connectivity index (χ4v) is 5.45. The predicted octanol–water partition coefficient (Wildman–Crippen LogP) is 9.27. The Hall–Kier alpha value is -5.94. The number of amides is 2. The van der Waals surface area contributed by atoms with Gasteiger partial charge in [-0.3, -0.25) is 14.4 Å². The standard InChI is InChI=1S/C41H34ClF3N2O6/c1-47(2)39(50)35-24-26(6-5-9-37(48)53-32-21-15-29(16-22-32)40(51)52-25-27-10-19-31(42)20-11-27)12-23-36(35)46-38(49)34-8-4-3-7-33(34)28-13-17-30(18-14-28)41(43,44)45/h3-4,7-8,10-24H,5-6,9,25H2,1-2H3,(H,46,49). The lowest BCUT2D eigenvalue weighted by Crippen LogP contribution is -2.24. The number of halogens is 4. The van der Waals surface area contributed by atoms with Crippen LogP contribution in [0.1, 0.15) is 60.6 Å². The highest BCUT2D eigenvalue weighted by Crippen LogP contribution is 2.32. The number of hydrogen-bond acceptors (Lipinski definition) is 6. The van der Waals surface area contributed by atoms with E-state index in [4.69, 9.17) is 21.1 Å². The Morgan fingerprint density at radius 3 is 2.09 bits per heavy atom. The number of aryl methyl sites for hydroxylation is 1. The van der Waals surface area contributed by atoms with Crippen LogP contribution in [0.3, 0.4) is 0 Å². The van der Waals surface area contributed by atoms with Crippen molar-refractivity contribution in [3.05, 3.63) is 154 Å². The van der Waals surface area contributed by atoms with E-state index in [0.717, 1.165) is 23.3 Å². The number of nitrogens with zero attached hydrogens (tertiary/aromatic N) is 1. The van der Waals surface area contributed by atoms with Crippen molar-refractivity contribution >= 4 is 41.0 Å². The van der Waals surface area contributed by atoms with Gasteiger partial charge in [0.15, 0.2) is 0 Å². The number of ether oxygens (including phenoxy) is 2. The molecule has 0 aliphatic rings. The minimum absolute atomic E-state index is 0.0705. The number of carbonyl (C=O) groups excluding carboxylic acids is 4. The first kappa shape index (κ1) is 38.3. The Labute approximate surface area is 309 Å². The van der Waals surface area contributed by atoms with E-state index in [9.17, 15) is 32.3 Å². The van der Waals surface area contributed by atoms with Crippen molar-refractivity contribution in [2.75, 3.05) is 19.4 Å². The molecule has 0 radical (unpaired) electrons. The van der Waals surface area contributed by atoms with Gasteiger partial charge in [-0.05, 0) is 102 Å². The molecule has 5 aromatic carbocycles. The Bertz CT molecular complexity index is 2100. The lowest BCUT2D eigenvalue weighted by atomic mass is 9.97. The Balaban J connectivity index is 1.18. The smallest absolute Gasteiger partial charge is 0.416 e. The van der Waals surface area contributed by atoms with Crippen LogP contribution in [-0.2, 0) is 28.7 Å². The van der Waals surface area contributed by atoms with Gasteiger partial charge in [0, 0.05) is 31.1 Å². The molecule has 53 heavy (non-hydrogen) atoms. The quantitative estimate of drug-likeness (QED) is 0.101. The average molecular weight is 743 g/mol. The van der Waals surface area contributed by atoms with Gasteiger partial charge < -0.3 is 19.7 Å². The van der Waals surface area contributed by atoms with Gasteiger partial charge in [0.25, 0.3) is 11.8 Å². The molecule has 0 saturated carbocycles. The molecule has 0 spiro atoms.